The molecule has 1 aromatic rings. The molecule has 1 fully saturated rings. The van der Waals surface area contributed by atoms with Crippen molar-refractivity contribution in [3.8, 4) is 6.07 Å². The summed E-state index contributed by atoms with van der Waals surface area (Å²) in [6.45, 7) is 0. The third-order valence-electron chi connectivity index (χ3n) is 2.57. The van der Waals surface area contributed by atoms with Crippen LogP contribution < -0.4 is 0 Å². The van der Waals surface area contributed by atoms with E-state index in [1.54, 1.807) is 6.20 Å². The molecule has 2 rings (SSSR count). The number of hydrogen-bond acceptors (Lipinski definition) is 2. The van der Waals surface area contributed by atoms with Crippen molar-refractivity contribution in [2.24, 2.45) is 0 Å². The van der Waals surface area contributed by atoms with Crippen LogP contribution in [0.2, 0.25) is 0 Å². The lowest BCUT2D eigenvalue weighted by Gasteiger charge is -2.26. The number of rotatable bonds is 1. The van der Waals surface area contributed by atoms with Gasteiger partial charge in [0, 0.05) is 6.20 Å². The van der Waals surface area contributed by atoms with Crippen molar-refractivity contribution in [1.82, 2.24) is 4.98 Å². The summed E-state index contributed by atoms with van der Waals surface area (Å²) in [5.74, 6) is 0.643. The Kier molecular flexibility index (Phi) is 2.32. The molecule has 0 radical (unpaired) electrons. The van der Waals surface area contributed by atoms with Crippen molar-refractivity contribution in [2.45, 2.75) is 25.2 Å². The second kappa shape index (κ2) is 3.47. The van der Waals surface area contributed by atoms with Crippen molar-refractivity contribution >= 4 is 15.9 Å². The number of nitrogens with zero attached hydrogens (tertiary/aromatic N) is 2. The van der Waals surface area contributed by atoms with E-state index in [1.807, 2.05) is 6.07 Å². The molecule has 0 aromatic carbocycles. The zero-order valence-corrected chi connectivity index (χ0v) is 8.71. The van der Waals surface area contributed by atoms with Crippen molar-refractivity contribution in [1.29, 1.82) is 5.26 Å². The minimum Gasteiger partial charge on any atom is -0.244 e. The molecule has 0 N–H and O–H groups in total. The maximum absolute atomic E-state index is 8.77. The van der Waals surface area contributed by atoms with Crippen LogP contribution in [-0.4, -0.2) is 4.98 Å². The topological polar surface area (TPSA) is 36.7 Å². The highest BCUT2D eigenvalue weighted by Gasteiger charge is 2.22. The summed E-state index contributed by atoms with van der Waals surface area (Å²) in [4.78, 5) is 3.99. The van der Waals surface area contributed by atoms with Crippen LogP contribution in [-0.2, 0) is 0 Å². The minimum atomic E-state index is 0.504. The van der Waals surface area contributed by atoms with Crippen LogP contribution >= 0.6 is 15.9 Å². The van der Waals surface area contributed by atoms with E-state index in [0.29, 0.717) is 11.6 Å². The zero-order chi connectivity index (χ0) is 9.26. The highest BCUT2D eigenvalue weighted by atomic mass is 79.9. The maximum atomic E-state index is 8.77. The Morgan fingerprint density at radius 1 is 1.54 bits per heavy atom. The van der Waals surface area contributed by atoms with Crippen molar-refractivity contribution in [2.75, 3.05) is 0 Å². The average Bonchev–Trinajstić information content (AvgIpc) is 2.05. The quantitative estimate of drug-likeness (QED) is 0.752. The smallest absolute Gasteiger partial charge is 0.154 e. The fourth-order valence-electron chi connectivity index (χ4n) is 1.57. The van der Waals surface area contributed by atoms with E-state index in [1.165, 1.54) is 24.8 Å². The van der Waals surface area contributed by atoms with E-state index in [-0.39, 0.29) is 0 Å². The molecule has 66 valence electrons. The predicted octanol–water partition coefficient (Wildman–Crippen LogP) is 2.98. The first kappa shape index (κ1) is 8.71. The molecule has 1 aliphatic rings. The first-order valence-corrected chi connectivity index (χ1v) is 5.16. The Morgan fingerprint density at radius 2 is 2.31 bits per heavy atom. The van der Waals surface area contributed by atoms with Crippen LogP contribution in [0.25, 0.3) is 0 Å². The molecule has 13 heavy (non-hydrogen) atoms. The van der Waals surface area contributed by atoms with Crippen LogP contribution in [0.15, 0.2) is 16.7 Å². The van der Waals surface area contributed by atoms with Gasteiger partial charge in [-0.2, -0.15) is 5.26 Å². The minimum absolute atomic E-state index is 0.504. The molecule has 3 heteroatoms. The first-order valence-electron chi connectivity index (χ1n) is 4.37. The largest absolute Gasteiger partial charge is 0.244 e. The van der Waals surface area contributed by atoms with Crippen molar-refractivity contribution < 1.29 is 0 Å². The summed E-state index contributed by atoms with van der Waals surface area (Å²) in [6.07, 6.45) is 5.51. The number of hydrogen-bond donors (Lipinski definition) is 0. The van der Waals surface area contributed by atoms with Crippen molar-refractivity contribution in [3.63, 3.8) is 0 Å². The lowest BCUT2D eigenvalue weighted by Crippen LogP contribution is -2.10. The monoisotopic (exact) mass is 236 g/mol. The van der Waals surface area contributed by atoms with Gasteiger partial charge in [0.05, 0.1) is 4.47 Å². The molecule has 0 spiro atoms. The molecule has 0 atom stereocenters. The summed E-state index contributed by atoms with van der Waals surface area (Å²) in [5.41, 5.74) is 1.75. The molecule has 0 aliphatic heterocycles. The van der Waals surface area contributed by atoms with Crippen LogP contribution in [0.3, 0.4) is 0 Å². The molecular formula is C10H9BrN2. The van der Waals surface area contributed by atoms with Gasteiger partial charge >= 0.3 is 0 Å². The fourth-order valence-corrected chi connectivity index (χ4v) is 2.22. The molecule has 0 saturated heterocycles. The van der Waals surface area contributed by atoms with E-state index < -0.39 is 0 Å². The molecule has 0 amide bonds. The van der Waals surface area contributed by atoms with Gasteiger partial charge in [-0.1, -0.05) is 6.42 Å². The third kappa shape index (κ3) is 1.47. The number of nitriles is 1. The summed E-state index contributed by atoms with van der Waals surface area (Å²) in [6, 6.07) is 4.09. The molecule has 1 heterocycles. The van der Waals surface area contributed by atoms with Gasteiger partial charge < -0.3 is 0 Å². The molecular weight excluding hydrogens is 228 g/mol. The number of aromatic nitrogens is 1. The normalized spacial score (nSPS) is 16.3. The summed E-state index contributed by atoms with van der Waals surface area (Å²) < 4.78 is 0.891. The Bertz CT molecular complexity index is 364. The highest BCUT2D eigenvalue weighted by Crippen LogP contribution is 2.40. The van der Waals surface area contributed by atoms with Gasteiger partial charge in [0.15, 0.2) is 5.69 Å². The van der Waals surface area contributed by atoms with Gasteiger partial charge in [0.2, 0.25) is 0 Å². The van der Waals surface area contributed by atoms with E-state index in [9.17, 15) is 0 Å². The van der Waals surface area contributed by atoms with Crippen LogP contribution in [0.4, 0.5) is 0 Å². The SMILES string of the molecule is N#Cc1nccc(C2CCC2)c1Br. The van der Waals surface area contributed by atoms with Gasteiger partial charge in [0.25, 0.3) is 0 Å². The molecule has 1 saturated carbocycles. The zero-order valence-electron chi connectivity index (χ0n) is 7.13. The van der Waals surface area contributed by atoms with E-state index in [0.717, 1.165) is 4.47 Å². The highest BCUT2D eigenvalue weighted by molar-refractivity contribution is 9.10. The van der Waals surface area contributed by atoms with Crippen LogP contribution in [0.1, 0.15) is 36.4 Å². The second-order valence-electron chi connectivity index (χ2n) is 3.30. The van der Waals surface area contributed by atoms with Gasteiger partial charge in [0.1, 0.15) is 6.07 Å². The van der Waals surface area contributed by atoms with Crippen LogP contribution in [0.5, 0.6) is 0 Å². The van der Waals surface area contributed by atoms with Gasteiger partial charge in [-0.25, -0.2) is 4.98 Å². The molecule has 1 aliphatic carbocycles. The fraction of sp³-hybridized carbons (Fsp3) is 0.400. The lowest BCUT2D eigenvalue weighted by molar-refractivity contribution is 0.418. The second-order valence-corrected chi connectivity index (χ2v) is 4.10. The van der Waals surface area contributed by atoms with E-state index in [2.05, 4.69) is 27.0 Å². The Balaban J connectivity index is 2.40. The van der Waals surface area contributed by atoms with Gasteiger partial charge in [-0.05, 0) is 46.3 Å². The maximum Gasteiger partial charge on any atom is 0.154 e. The Hall–Kier alpha value is -0.880. The first-order chi connectivity index (χ1) is 6.33. The number of halogens is 1. The number of pyridine rings is 1. The average molecular weight is 237 g/mol. The molecule has 2 nitrogen and oxygen atoms in total. The molecule has 1 aromatic heterocycles. The van der Waals surface area contributed by atoms with Gasteiger partial charge in [-0.3, -0.25) is 0 Å². The van der Waals surface area contributed by atoms with Crippen LogP contribution in [0, 0.1) is 11.3 Å². The lowest BCUT2D eigenvalue weighted by atomic mass is 9.80. The van der Waals surface area contributed by atoms with Crippen molar-refractivity contribution in [3.05, 3.63) is 28.0 Å². The van der Waals surface area contributed by atoms with E-state index >= 15 is 0 Å². The Morgan fingerprint density at radius 3 is 2.85 bits per heavy atom. The Labute approximate surface area is 85.7 Å². The van der Waals surface area contributed by atoms with E-state index in [4.69, 9.17) is 5.26 Å². The predicted molar refractivity (Wildman–Crippen MR) is 53.2 cm³/mol. The molecule has 0 bridgehead atoms. The molecule has 0 unspecified atom stereocenters. The van der Waals surface area contributed by atoms with Gasteiger partial charge in [-0.15, -0.1) is 0 Å². The summed E-state index contributed by atoms with van der Waals surface area (Å²) >= 11 is 3.43. The summed E-state index contributed by atoms with van der Waals surface area (Å²) in [5, 5.41) is 8.77. The summed E-state index contributed by atoms with van der Waals surface area (Å²) in [7, 11) is 0. The standard InChI is InChI=1S/C10H9BrN2/c11-10-8(7-2-1-3-7)4-5-13-9(10)6-12/h4-5,7H,1-3H2. The third-order valence-corrected chi connectivity index (χ3v) is 3.40.